The number of hydrogen-bond acceptors (Lipinski definition) is 2. The largest absolute Gasteiger partial charge is 0.488 e. The van der Waals surface area contributed by atoms with Gasteiger partial charge in [-0.15, -0.1) is 0 Å². The number of allylic oxidation sites excluding steroid dienone is 1. The fourth-order valence-electron chi connectivity index (χ4n) is 3.21. The lowest BCUT2D eigenvalue weighted by Gasteiger charge is -2.15. The molecule has 0 fully saturated rings. The number of nitrogens with one attached hydrogen (secondary N) is 1. The van der Waals surface area contributed by atoms with Crippen LogP contribution >= 0.6 is 11.6 Å². The highest BCUT2D eigenvalue weighted by Gasteiger charge is 2.10. The average molecular weight is 374 g/mol. The molecule has 0 aromatic heterocycles. The zero-order valence-electron chi connectivity index (χ0n) is 14.9. The molecule has 3 rings (SSSR count). The Morgan fingerprint density at radius 2 is 1.96 bits per heavy atom. The number of hydrogen-bond donors (Lipinski definition) is 1. The summed E-state index contributed by atoms with van der Waals surface area (Å²) in [5.41, 5.74) is 3.03. The van der Waals surface area contributed by atoms with Gasteiger partial charge in [0.2, 0.25) is 0 Å². The zero-order valence-corrected chi connectivity index (χ0v) is 15.7. The zero-order chi connectivity index (χ0) is 18.2. The highest BCUT2D eigenvalue weighted by atomic mass is 35.5. The van der Waals surface area contributed by atoms with Gasteiger partial charge in [0.1, 0.15) is 18.2 Å². The molecular weight excluding hydrogens is 349 g/mol. The van der Waals surface area contributed by atoms with Crippen LogP contribution in [0.4, 0.5) is 4.39 Å². The number of ether oxygens (including phenoxy) is 1. The molecule has 0 spiro atoms. The van der Waals surface area contributed by atoms with Crippen molar-refractivity contribution in [3.63, 3.8) is 0 Å². The second-order valence-corrected chi connectivity index (χ2v) is 7.04. The molecule has 0 amide bonds. The van der Waals surface area contributed by atoms with Gasteiger partial charge in [-0.1, -0.05) is 47.5 Å². The van der Waals surface area contributed by atoms with E-state index in [2.05, 4.69) is 11.4 Å². The van der Waals surface area contributed by atoms with Crippen molar-refractivity contribution < 1.29 is 9.13 Å². The number of halogens is 2. The Bertz CT molecular complexity index is 739. The van der Waals surface area contributed by atoms with Crippen LogP contribution in [0.3, 0.4) is 0 Å². The minimum atomic E-state index is -0.339. The number of rotatable bonds is 8. The smallest absolute Gasteiger partial charge is 0.131 e. The molecule has 0 aliphatic heterocycles. The molecule has 0 radical (unpaired) electrons. The third-order valence-electron chi connectivity index (χ3n) is 4.73. The highest BCUT2D eigenvalue weighted by Crippen LogP contribution is 2.24. The minimum absolute atomic E-state index is 0.120. The van der Waals surface area contributed by atoms with Gasteiger partial charge in [-0.3, -0.25) is 0 Å². The summed E-state index contributed by atoms with van der Waals surface area (Å²) in [6.45, 7) is 1.81. The van der Waals surface area contributed by atoms with E-state index in [9.17, 15) is 4.39 Å². The van der Waals surface area contributed by atoms with Crippen LogP contribution in [0.25, 0.3) is 0 Å². The lowest BCUT2D eigenvalue weighted by atomic mass is 9.97. The summed E-state index contributed by atoms with van der Waals surface area (Å²) in [6, 6.07) is 12.5. The standard InChI is InChI=1S/C22H25ClFNO/c23-20-10-6-11-21(24)19(20)16-26-22-12-5-4-9-18(22)15-25-14-13-17-7-2-1-3-8-17/h4-7,9-12,25H,1-3,8,13-16H2. The molecule has 2 nitrogen and oxygen atoms in total. The van der Waals surface area contributed by atoms with Crippen molar-refractivity contribution in [2.24, 2.45) is 0 Å². The van der Waals surface area contributed by atoms with Crippen molar-refractivity contribution in [1.82, 2.24) is 5.32 Å². The van der Waals surface area contributed by atoms with Gasteiger partial charge in [0, 0.05) is 17.7 Å². The maximum atomic E-state index is 13.9. The first-order chi connectivity index (χ1) is 12.7. The lowest BCUT2D eigenvalue weighted by molar-refractivity contribution is 0.296. The Balaban J connectivity index is 1.53. The molecule has 4 heteroatoms. The fraction of sp³-hybridized carbons (Fsp3) is 0.364. The maximum absolute atomic E-state index is 13.9. The van der Waals surface area contributed by atoms with E-state index in [1.54, 1.807) is 17.7 Å². The first-order valence-electron chi connectivity index (χ1n) is 9.26. The fourth-order valence-corrected chi connectivity index (χ4v) is 3.43. The Labute approximate surface area is 160 Å². The van der Waals surface area contributed by atoms with E-state index in [0.717, 1.165) is 30.8 Å². The first kappa shape index (κ1) is 18.9. The predicted molar refractivity (Wildman–Crippen MR) is 105 cm³/mol. The number of para-hydroxylation sites is 1. The topological polar surface area (TPSA) is 21.3 Å². The molecule has 2 aromatic rings. The van der Waals surface area contributed by atoms with E-state index in [4.69, 9.17) is 16.3 Å². The van der Waals surface area contributed by atoms with E-state index in [-0.39, 0.29) is 12.4 Å². The van der Waals surface area contributed by atoms with E-state index in [1.165, 1.54) is 31.7 Å². The van der Waals surface area contributed by atoms with Crippen LogP contribution < -0.4 is 10.1 Å². The van der Waals surface area contributed by atoms with Crippen molar-refractivity contribution in [1.29, 1.82) is 0 Å². The monoisotopic (exact) mass is 373 g/mol. The van der Waals surface area contributed by atoms with Gasteiger partial charge in [0.05, 0.1) is 5.02 Å². The Morgan fingerprint density at radius 1 is 1.08 bits per heavy atom. The lowest BCUT2D eigenvalue weighted by Crippen LogP contribution is -2.16. The van der Waals surface area contributed by atoms with Gasteiger partial charge >= 0.3 is 0 Å². The average Bonchev–Trinajstić information content (AvgIpc) is 2.66. The summed E-state index contributed by atoms with van der Waals surface area (Å²) in [6.07, 6.45) is 8.61. The van der Waals surface area contributed by atoms with Crippen molar-refractivity contribution in [2.45, 2.75) is 45.3 Å². The molecule has 0 atom stereocenters. The first-order valence-corrected chi connectivity index (χ1v) is 9.64. The molecule has 0 heterocycles. The second-order valence-electron chi connectivity index (χ2n) is 6.63. The van der Waals surface area contributed by atoms with Crippen molar-refractivity contribution >= 4 is 11.6 Å². The molecule has 1 aliphatic carbocycles. The summed E-state index contributed by atoms with van der Waals surface area (Å²) in [7, 11) is 0. The Morgan fingerprint density at radius 3 is 2.77 bits per heavy atom. The van der Waals surface area contributed by atoms with Crippen molar-refractivity contribution in [2.75, 3.05) is 6.54 Å². The van der Waals surface area contributed by atoms with Gasteiger partial charge in [-0.05, 0) is 56.8 Å². The molecule has 0 unspecified atom stereocenters. The minimum Gasteiger partial charge on any atom is -0.488 e. The summed E-state index contributed by atoms with van der Waals surface area (Å²) in [5.74, 6) is 0.421. The van der Waals surface area contributed by atoms with E-state index in [1.807, 2.05) is 24.3 Å². The quantitative estimate of drug-likeness (QED) is 0.450. The van der Waals surface area contributed by atoms with E-state index < -0.39 is 0 Å². The molecule has 1 N–H and O–H groups in total. The molecular formula is C22H25ClFNO. The van der Waals surface area contributed by atoms with Crippen LogP contribution in [-0.4, -0.2) is 6.54 Å². The van der Waals surface area contributed by atoms with Crippen LogP contribution in [0.2, 0.25) is 5.02 Å². The SMILES string of the molecule is Fc1cccc(Cl)c1COc1ccccc1CNCCC1=CCCCC1. The van der Waals surface area contributed by atoms with Crippen molar-refractivity contribution in [3.8, 4) is 5.75 Å². The maximum Gasteiger partial charge on any atom is 0.131 e. The Hall–Kier alpha value is -1.84. The van der Waals surface area contributed by atoms with Crippen LogP contribution in [0.15, 0.2) is 54.1 Å². The van der Waals surface area contributed by atoms with E-state index in [0.29, 0.717) is 10.6 Å². The number of benzene rings is 2. The van der Waals surface area contributed by atoms with Gasteiger partial charge in [-0.25, -0.2) is 4.39 Å². The van der Waals surface area contributed by atoms with Crippen LogP contribution in [-0.2, 0) is 13.2 Å². The second kappa shape index (κ2) is 9.75. The molecule has 0 bridgehead atoms. The summed E-state index contributed by atoms with van der Waals surface area (Å²) >= 11 is 6.07. The summed E-state index contributed by atoms with van der Waals surface area (Å²) in [4.78, 5) is 0. The highest BCUT2D eigenvalue weighted by molar-refractivity contribution is 6.31. The van der Waals surface area contributed by atoms with Gasteiger partial charge < -0.3 is 10.1 Å². The molecule has 26 heavy (non-hydrogen) atoms. The van der Waals surface area contributed by atoms with Crippen LogP contribution in [0, 0.1) is 5.82 Å². The molecule has 2 aromatic carbocycles. The molecule has 0 saturated carbocycles. The van der Waals surface area contributed by atoms with Crippen LogP contribution in [0.5, 0.6) is 5.75 Å². The third-order valence-corrected chi connectivity index (χ3v) is 5.08. The Kier molecular flexibility index (Phi) is 7.10. The van der Waals surface area contributed by atoms with Crippen molar-refractivity contribution in [3.05, 3.63) is 76.1 Å². The summed E-state index contributed by atoms with van der Waals surface area (Å²) in [5, 5.41) is 3.88. The predicted octanol–water partition coefficient (Wildman–Crippen LogP) is 6.04. The van der Waals surface area contributed by atoms with Gasteiger partial charge in [0.15, 0.2) is 0 Å². The normalized spacial score (nSPS) is 14.2. The third kappa shape index (κ3) is 5.33. The van der Waals surface area contributed by atoms with Gasteiger partial charge in [-0.2, -0.15) is 0 Å². The van der Waals surface area contributed by atoms with Crippen LogP contribution in [0.1, 0.15) is 43.2 Å². The molecule has 0 saturated heterocycles. The van der Waals surface area contributed by atoms with Gasteiger partial charge in [0.25, 0.3) is 0 Å². The molecule has 1 aliphatic rings. The summed E-state index contributed by atoms with van der Waals surface area (Å²) < 4.78 is 19.8. The van der Waals surface area contributed by atoms with E-state index >= 15 is 0 Å². The molecule has 138 valence electrons.